The van der Waals surface area contributed by atoms with Crippen molar-refractivity contribution in [2.24, 2.45) is 5.92 Å². The second-order valence-corrected chi connectivity index (χ2v) is 9.01. The number of pyridine rings is 1. The molecular formula is C25H28N6O4S. The number of hydrogen-bond acceptors (Lipinski definition) is 10. The number of benzene rings is 1. The van der Waals surface area contributed by atoms with Gasteiger partial charge in [-0.2, -0.15) is 5.26 Å². The van der Waals surface area contributed by atoms with Gasteiger partial charge in [-0.1, -0.05) is 25.6 Å². The maximum Gasteiger partial charge on any atom is 0.269 e. The summed E-state index contributed by atoms with van der Waals surface area (Å²) in [7, 11) is 4.55. The van der Waals surface area contributed by atoms with Gasteiger partial charge in [0, 0.05) is 29.3 Å². The zero-order valence-electron chi connectivity index (χ0n) is 20.8. The van der Waals surface area contributed by atoms with E-state index in [-0.39, 0.29) is 11.4 Å². The summed E-state index contributed by atoms with van der Waals surface area (Å²) in [5.74, 6) is 2.34. The summed E-state index contributed by atoms with van der Waals surface area (Å²) in [5, 5.41) is 10.5. The molecule has 0 unspecified atom stereocenters. The number of methoxy groups -OCH3 is 3. The lowest BCUT2D eigenvalue weighted by Crippen LogP contribution is -2.30. The van der Waals surface area contributed by atoms with E-state index in [1.165, 1.54) is 45.5 Å². The van der Waals surface area contributed by atoms with Gasteiger partial charge in [-0.3, -0.25) is 20.6 Å². The lowest BCUT2D eigenvalue weighted by atomic mass is 10.1. The zero-order chi connectivity index (χ0) is 26.1. The molecule has 11 heteroatoms. The smallest absolute Gasteiger partial charge is 0.269 e. The molecule has 2 N–H and O–H groups in total. The van der Waals surface area contributed by atoms with E-state index < -0.39 is 5.91 Å². The molecule has 0 aliphatic heterocycles. The number of hydrogen-bond donors (Lipinski definition) is 2. The highest BCUT2D eigenvalue weighted by Gasteiger charge is 2.21. The average Bonchev–Trinajstić information content (AvgIpc) is 2.90. The third kappa shape index (κ3) is 6.34. The number of anilines is 1. The molecule has 3 aromatic rings. The maximum absolute atomic E-state index is 12.6. The molecule has 1 amide bonds. The second kappa shape index (κ2) is 12.6. The van der Waals surface area contributed by atoms with Crippen LogP contribution in [0.15, 0.2) is 41.8 Å². The van der Waals surface area contributed by atoms with Gasteiger partial charge in [-0.15, -0.1) is 0 Å². The number of hydrazine groups is 1. The van der Waals surface area contributed by atoms with Gasteiger partial charge < -0.3 is 14.2 Å². The van der Waals surface area contributed by atoms with Gasteiger partial charge in [-0.25, -0.2) is 9.97 Å². The van der Waals surface area contributed by atoms with Crippen molar-refractivity contribution in [3.63, 3.8) is 0 Å². The minimum absolute atomic E-state index is 0.146. The first-order chi connectivity index (χ1) is 17.4. The first-order valence-corrected chi connectivity index (χ1v) is 12.1. The lowest BCUT2D eigenvalue weighted by Gasteiger charge is -2.16. The molecule has 0 fully saturated rings. The molecule has 0 spiro atoms. The Morgan fingerprint density at radius 3 is 2.31 bits per heavy atom. The van der Waals surface area contributed by atoms with Crippen molar-refractivity contribution in [1.82, 2.24) is 20.4 Å². The van der Waals surface area contributed by atoms with Crippen LogP contribution in [-0.2, 0) is 0 Å². The van der Waals surface area contributed by atoms with Crippen molar-refractivity contribution in [3.8, 4) is 34.6 Å². The van der Waals surface area contributed by atoms with Gasteiger partial charge in [0.1, 0.15) is 11.6 Å². The van der Waals surface area contributed by atoms with Gasteiger partial charge in [0.2, 0.25) is 5.75 Å². The summed E-state index contributed by atoms with van der Waals surface area (Å²) in [6.45, 7) is 4.28. The second-order valence-electron chi connectivity index (χ2n) is 7.95. The Bertz CT molecular complexity index is 1220. The molecular weight excluding hydrogens is 480 g/mol. The Morgan fingerprint density at radius 1 is 1.08 bits per heavy atom. The number of nitriles is 1. The molecule has 0 aliphatic rings. The predicted octanol–water partition coefficient (Wildman–Crippen LogP) is 4.33. The van der Waals surface area contributed by atoms with Crippen LogP contribution in [0.1, 0.15) is 36.2 Å². The number of ether oxygens (including phenoxy) is 3. The van der Waals surface area contributed by atoms with Gasteiger partial charge >= 0.3 is 0 Å². The molecule has 0 bridgehead atoms. The highest BCUT2D eigenvalue weighted by Crippen LogP contribution is 2.42. The van der Waals surface area contributed by atoms with E-state index in [1.807, 2.05) is 0 Å². The Labute approximate surface area is 214 Å². The number of rotatable bonds is 11. The molecule has 188 valence electrons. The fraction of sp³-hybridized carbons (Fsp3) is 0.320. The van der Waals surface area contributed by atoms with Crippen LogP contribution in [0.2, 0.25) is 0 Å². The van der Waals surface area contributed by atoms with Gasteiger partial charge in [-0.05, 0) is 36.6 Å². The van der Waals surface area contributed by atoms with Crippen LogP contribution in [0.5, 0.6) is 17.2 Å². The molecule has 0 atom stereocenters. The summed E-state index contributed by atoms with van der Waals surface area (Å²) in [6.07, 6.45) is 4.01. The van der Waals surface area contributed by atoms with E-state index in [0.29, 0.717) is 45.1 Å². The SMILES string of the molecule is COc1cc(-c2nc(SCCC(C)C)nc(NNC(=O)c3ccncc3)c2C#N)cc(OC)c1OC. The molecule has 1 aromatic carbocycles. The third-order valence-corrected chi connectivity index (χ3v) is 5.98. The van der Waals surface area contributed by atoms with Crippen molar-refractivity contribution >= 4 is 23.5 Å². The van der Waals surface area contributed by atoms with E-state index in [2.05, 4.69) is 45.7 Å². The molecule has 0 saturated carbocycles. The van der Waals surface area contributed by atoms with Crippen LogP contribution in [0.4, 0.5) is 5.82 Å². The van der Waals surface area contributed by atoms with Crippen molar-refractivity contribution in [1.29, 1.82) is 5.26 Å². The van der Waals surface area contributed by atoms with Gasteiger partial charge in [0.25, 0.3) is 5.91 Å². The fourth-order valence-corrected chi connectivity index (χ4v) is 4.29. The van der Waals surface area contributed by atoms with Gasteiger partial charge in [0.05, 0.1) is 27.0 Å². The van der Waals surface area contributed by atoms with Crippen molar-refractivity contribution < 1.29 is 19.0 Å². The Hall–Kier alpha value is -4.04. The summed E-state index contributed by atoms with van der Waals surface area (Å²) in [5.41, 5.74) is 6.87. The van der Waals surface area contributed by atoms with Crippen LogP contribution in [0.3, 0.4) is 0 Å². The third-order valence-electron chi connectivity index (χ3n) is 5.10. The van der Waals surface area contributed by atoms with Crippen LogP contribution in [0, 0.1) is 17.2 Å². The number of nitrogens with one attached hydrogen (secondary N) is 2. The molecule has 2 heterocycles. The number of amides is 1. The highest BCUT2D eigenvalue weighted by atomic mass is 32.2. The standard InChI is InChI=1S/C25H28N6O4S/c1-15(2)8-11-36-25-28-21(17-12-19(33-3)22(35-5)20(13-17)34-4)18(14-26)23(29-25)30-31-24(32)16-6-9-27-10-7-16/h6-7,9-10,12-13,15H,8,11H2,1-5H3,(H,31,32)(H,28,29,30). The monoisotopic (exact) mass is 508 g/mol. The van der Waals surface area contributed by atoms with E-state index in [4.69, 9.17) is 14.2 Å². The zero-order valence-corrected chi connectivity index (χ0v) is 21.6. The minimum atomic E-state index is -0.400. The molecule has 2 aromatic heterocycles. The van der Waals surface area contributed by atoms with Crippen LogP contribution in [-0.4, -0.2) is 47.9 Å². The molecule has 3 rings (SSSR count). The van der Waals surface area contributed by atoms with E-state index in [9.17, 15) is 10.1 Å². The number of carbonyl (C=O) groups excluding carboxylic acids is 1. The van der Waals surface area contributed by atoms with E-state index >= 15 is 0 Å². The maximum atomic E-state index is 12.6. The highest BCUT2D eigenvalue weighted by molar-refractivity contribution is 7.99. The summed E-state index contributed by atoms with van der Waals surface area (Å²) < 4.78 is 16.4. The Balaban J connectivity index is 2.07. The predicted molar refractivity (Wildman–Crippen MR) is 137 cm³/mol. The number of nitrogens with zero attached hydrogens (tertiary/aromatic N) is 4. The number of thioether (sulfide) groups is 1. The fourth-order valence-electron chi connectivity index (χ4n) is 3.21. The Kier molecular flexibility index (Phi) is 9.30. The number of aromatic nitrogens is 3. The van der Waals surface area contributed by atoms with E-state index in [1.54, 1.807) is 24.3 Å². The van der Waals surface area contributed by atoms with Crippen LogP contribution >= 0.6 is 11.8 Å². The van der Waals surface area contributed by atoms with E-state index in [0.717, 1.165) is 12.2 Å². The number of carbonyl (C=O) groups is 1. The average molecular weight is 509 g/mol. The first kappa shape index (κ1) is 26.6. The van der Waals surface area contributed by atoms with Gasteiger partial charge in [0.15, 0.2) is 22.5 Å². The van der Waals surface area contributed by atoms with Crippen molar-refractivity contribution in [2.45, 2.75) is 25.4 Å². The molecule has 10 nitrogen and oxygen atoms in total. The lowest BCUT2D eigenvalue weighted by molar-refractivity contribution is 0.0962. The minimum Gasteiger partial charge on any atom is -0.493 e. The molecule has 36 heavy (non-hydrogen) atoms. The summed E-state index contributed by atoms with van der Waals surface area (Å²) in [6, 6.07) is 8.75. The topological polar surface area (TPSA) is 131 Å². The molecule has 0 radical (unpaired) electrons. The van der Waals surface area contributed by atoms with Crippen molar-refractivity contribution in [2.75, 3.05) is 32.5 Å². The summed E-state index contributed by atoms with van der Waals surface area (Å²) >= 11 is 1.47. The van der Waals surface area contributed by atoms with Crippen LogP contribution in [0.25, 0.3) is 11.3 Å². The Morgan fingerprint density at radius 2 is 1.75 bits per heavy atom. The summed E-state index contributed by atoms with van der Waals surface area (Å²) in [4.78, 5) is 25.7. The quantitative estimate of drug-likeness (QED) is 0.219. The van der Waals surface area contributed by atoms with Crippen molar-refractivity contribution in [3.05, 3.63) is 47.8 Å². The van der Waals surface area contributed by atoms with Crippen LogP contribution < -0.4 is 25.1 Å². The largest absolute Gasteiger partial charge is 0.493 e. The molecule has 0 aliphatic carbocycles. The first-order valence-electron chi connectivity index (χ1n) is 11.1. The normalized spacial score (nSPS) is 10.5. The molecule has 0 saturated heterocycles.